The average Bonchev–Trinajstić information content (AvgIpc) is 3.62. The van der Waals surface area contributed by atoms with Gasteiger partial charge in [0.1, 0.15) is 5.75 Å². The van der Waals surface area contributed by atoms with Gasteiger partial charge in [-0.15, -0.1) is 0 Å². The van der Waals surface area contributed by atoms with Crippen LogP contribution in [0.4, 0.5) is 0 Å². The Kier molecular flexibility index (Phi) is 5.60. The van der Waals surface area contributed by atoms with Crippen LogP contribution in [0.15, 0.2) is 36.4 Å². The number of piperidine rings is 1. The number of aryl methyl sites for hydroxylation is 1. The minimum absolute atomic E-state index is 0.0290. The van der Waals surface area contributed by atoms with Gasteiger partial charge in [0.15, 0.2) is 11.5 Å². The first kappa shape index (κ1) is 23.9. The Morgan fingerprint density at radius 3 is 2.63 bits per heavy atom. The van der Waals surface area contributed by atoms with Gasteiger partial charge in [0, 0.05) is 61.7 Å². The zero-order valence-electron chi connectivity index (χ0n) is 22.1. The summed E-state index contributed by atoms with van der Waals surface area (Å²) in [6.07, 6.45) is 3.91. The third-order valence-corrected chi connectivity index (χ3v) is 9.20. The molecule has 7 rings (SSSR count). The number of methoxy groups -OCH3 is 1. The molecule has 8 nitrogen and oxygen atoms in total. The van der Waals surface area contributed by atoms with Crippen molar-refractivity contribution in [1.29, 1.82) is 0 Å². The lowest BCUT2D eigenvalue weighted by molar-refractivity contribution is -0.134. The highest BCUT2D eigenvalue weighted by Gasteiger charge is 2.49. The predicted molar refractivity (Wildman–Crippen MR) is 142 cm³/mol. The molecule has 0 radical (unpaired) electrons. The Morgan fingerprint density at radius 2 is 1.89 bits per heavy atom. The number of nitrogens with zero attached hydrogens (tertiary/aromatic N) is 3. The van der Waals surface area contributed by atoms with Crippen LogP contribution in [0.5, 0.6) is 17.2 Å². The van der Waals surface area contributed by atoms with E-state index in [1.807, 2.05) is 12.1 Å². The van der Waals surface area contributed by atoms with Gasteiger partial charge in [0.25, 0.3) is 0 Å². The number of likely N-dealkylation sites (tertiary alicyclic amines) is 1. The molecule has 4 heterocycles. The summed E-state index contributed by atoms with van der Waals surface area (Å²) < 4.78 is 19.0. The van der Waals surface area contributed by atoms with Crippen LogP contribution in [0.2, 0.25) is 0 Å². The van der Waals surface area contributed by atoms with Gasteiger partial charge in [-0.2, -0.15) is 0 Å². The molecule has 0 bridgehead atoms. The van der Waals surface area contributed by atoms with Crippen molar-refractivity contribution in [2.24, 2.45) is 13.0 Å². The van der Waals surface area contributed by atoms with Crippen molar-refractivity contribution < 1.29 is 24.1 Å². The summed E-state index contributed by atoms with van der Waals surface area (Å²) in [6.45, 7) is 3.37. The molecule has 1 saturated carbocycles. The van der Waals surface area contributed by atoms with Gasteiger partial charge in [-0.3, -0.25) is 9.69 Å². The van der Waals surface area contributed by atoms with E-state index in [4.69, 9.17) is 14.2 Å². The Morgan fingerprint density at radius 1 is 1.11 bits per heavy atom. The first-order valence-electron chi connectivity index (χ1n) is 13.7. The Labute approximate surface area is 222 Å². The number of benzene rings is 2. The largest absolute Gasteiger partial charge is 0.497 e. The number of aromatic nitrogens is 1. The molecule has 4 aliphatic rings. The van der Waals surface area contributed by atoms with Crippen LogP contribution < -0.4 is 14.2 Å². The van der Waals surface area contributed by atoms with Gasteiger partial charge in [-0.1, -0.05) is 6.07 Å². The number of carbonyl (C=O) groups is 1. The molecule has 2 fully saturated rings. The van der Waals surface area contributed by atoms with Crippen molar-refractivity contribution in [2.45, 2.75) is 43.7 Å². The Balaban J connectivity index is 1.31. The van der Waals surface area contributed by atoms with E-state index in [1.54, 1.807) is 7.11 Å². The second-order valence-electron chi connectivity index (χ2n) is 11.4. The SMILES string of the molecule is COc1ccc2c3c(n(C)c2c1)[C@H](CO)N(Cc1ccc2c(c1)OCO2)CC31CCN(C(=O)C2CC2)CC1. The number of amides is 1. The standard InChI is InChI=1S/C30H35N3O5/c1-31-23-14-21(36-2)6-7-22(23)27-28(31)24(16-34)33(15-19-3-8-25-26(13-19)38-18-37-25)17-30(27)9-11-32(12-10-30)29(35)20-4-5-20/h3,6-8,13-14,20,24,34H,4-5,9-12,15-18H2,1-2H3/t24-/m0/s1. The van der Waals surface area contributed by atoms with Crippen molar-refractivity contribution in [3.63, 3.8) is 0 Å². The lowest BCUT2D eigenvalue weighted by Crippen LogP contribution is -2.54. The van der Waals surface area contributed by atoms with E-state index in [1.165, 1.54) is 16.6 Å². The van der Waals surface area contributed by atoms with Gasteiger partial charge in [-0.05, 0) is 61.1 Å². The van der Waals surface area contributed by atoms with E-state index in [9.17, 15) is 9.90 Å². The van der Waals surface area contributed by atoms with Crippen LogP contribution in [0, 0.1) is 5.92 Å². The quantitative estimate of drug-likeness (QED) is 0.556. The molecule has 3 aromatic rings. The molecule has 1 spiro atoms. The number of rotatable bonds is 5. The van der Waals surface area contributed by atoms with E-state index in [-0.39, 0.29) is 30.8 Å². The molecule has 38 heavy (non-hydrogen) atoms. The van der Waals surface area contributed by atoms with E-state index < -0.39 is 0 Å². The summed E-state index contributed by atoms with van der Waals surface area (Å²) in [7, 11) is 3.80. The monoisotopic (exact) mass is 517 g/mol. The third-order valence-electron chi connectivity index (χ3n) is 9.20. The summed E-state index contributed by atoms with van der Waals surface area (Å²) in [5, 5.41) is 12.0. The molecule has 2 aromatic carbocycles. The predicted octanol–water partition coefficient (Wildman–Crippen LogP) is 3.74. The van der Waals surface area contributed by atoms with Crippen LogP contribution in [0.1, 0.15) is 48.5 Å². The van der Waals surface area contributed by atoms with Crippen molar-refractivity contribution in [1.82, 2.24) is 14.4 Å². The maximum atomic E-state index is 12.9. The van der Waals surface area contributed by atoms with Crippen LogP contribution in [0.3, 0.4) is 0 Å². The highest BCUT2D eigenvalue weighted by molar-refractivity contribution is 5.89. The van der Waals surface area contributed by atoms with Crippen molar-refractivity contribution in [3.05, 3.63) is 53.2 Å². The lowest BCUT2D eigenvalue weighted by Gasteiger charge is -2.50. The average molecular weight is 518 g/mol. The highest BCUT2D eigenvalue weighted by Crippen LogP contribution is 2.51. The number of aliphatic hydroxyl groups is 1. The fraction of sp³-hybridized carbons (Fsp3) is 0.500. The number of hydrogen-bond donors (Lipinski definition) is 1. The number of fused-ring (bicyclic) bond motifs is 5. The number of hydrogen-bond acceptors (Lipinski definition) is 6. The molecule has 1 aromatic heterocycles. The highest BCUT2D eigenvalue weighted by atomic mass is 16.7. The number of carbonyl (C=O) groups excluding carboxylic acids is 1. The molecule has 1 amide bonds. The minimum atomic E-state index is -0.143. The van der Waals surface area contributed by atoms with E-state index in [0.717, 1.165) is 73.6 Å². The zero-order chi connectivity index (χ0) is 26.0. The van der Waals surface area contributed by atoms with Crippen LogP contribution >= 0.6 is 0 Å². The Hall–Kier alpha value is -3.23. The number of ether oxygens (including phenoxy) is 3. The van der Waals surface area contributed by atoms with Gasteiger partial charge < -0.3 is 28.8 Å². The van der Waals surface area contributed by atoms with Crippen molar-refractivity contribution in [3.8, 4) is 17.2 Å². The molecular formula is C30H35N3O5. The maximum Gasteiger partial charge on any atom is 0.231 e. The Bertz CT molecular complexity index is 1400. The summed E-state index contributed by atoms with van der Waals surface area (Å²) in [5.41, 5.74) is 4.66. The lowest BCUT2D eigenvalue weighted by atomic mass is 9.68. The first-order valence-corrected chi connectivity index (χ1v) is 13.7. The van der Waals surface area contributed by atoms with E-state index >= 15 is 0 Å². The summed E-state index contributed by atoms with van der Waals surface area (Å²) in [6, 6.07) is 12.3. The van der Waals surface area contributed by atoms with E-state index in [2.05, 4.69) is 45.7 Å². The van der Waals surface area contributed by atoms with Crippen LogP contribution in [0.25, 0.3) is 10.9 Å². The molecule has 8 heteroatoms. The van der Waals surface area contributed by atoms with Crippen LogP contribution in [-0.4, -0.2) is 65.5 Å². The molecule has 3 aliphatic heterocycles. The molecule has 0 unspecified atom stereocenters. The third kappa shape index (κ3) is 3.68. The topological polar surface area (TPSA) is 76.4 Å². The molecule has 1 saturated heterocycles. The molecular weight excluding hydrogens is 482 g/mol. The summed E-state index contributed by atoms with van der Waals surface area (Å²) in [5.74, 6) is 2.97. The van der Waals surface area contributed by atoms with Gasteiger partial charge >= 0.3 is 0 Å². The fourth-order valence-corrected chi connectivity index (χ4v) is 7.05. The fourth-order valence-electron chi connectivity index (χ4n) is 7.05. The second-order valence-corrected chi connectivity index (χ2v) is 11.4. The van der Waals surface area contributed by atoms with Gasteiger partial charge in [-0.25, -0.2) is 0 Å². The van der Waals surface area contributed by atoms with Gasteiger partial charge in [0.05, 0.1) is 25.3 Å². The van der Waals surface area contributed by atoms with Crippen LogP contribution in [-0.2, 0) is 23.8 Å². The minimum Gasteiger partial charge on any atom is -0.497 e. The second kappa shape index (κ2) is 8.92. The van der Waals surface area contributed by atoms with Gasteiger partial charge in [0.2, 0.25) is 12.7 Å². The maximum absolute atomic E-state index is 12.9. The molecule has 200 valence electrons. The normalized spacial score (nSPS) is 22.2. The van der Waals surface area contributed by atoms with E-state index in [0.29, 0.717) is 12.5 Å². The smallest absolute Gasteiger partial charge is 0.231 e. The van der Waals surface area contributed by atoms with Crippen molar-refractivity contribution in [2.75, 3.05) is 40.1 Å². The zero-order valence-corrected chi connectivity index (χ0v) is 22.1. The molecule has 1 aliphatic carbocycles. The summed E-state index contributed by atoms with van der Waals surface area (Å²) in [4.78, 5) is 17.4. The first-order chi connectivity index (χ1) is 18.5. The molecule has 1 N–H and O–H groups in total. The number of aliphatic hydroxyl groups excluding tert-OH is 1. The van der Waals surface area contributed by atoms with Crippen molar-refractivity contribution >= 4 is 16.8 Å². The summed E-state index contributed by atoms with van der Waals surface area (Å²) >= 11 is 0. The molecule has 1 atom stereocenters.